The zero-order chi connectivity index (χ0) is 23.4. The Morgan fingerprint density at radius 2 is 1.48 bits per heavy atom. The van der Waals surface area contributed by atoms with Gasteiger partial charge in [0, 0.05) is 44.4 Å². The van der Waals surface area contributed by atoms with Gasteiger partial charge in [0.1, 0.15) is 11.6 Å². The van der Waals surface area contributed by atoms with Crippen molar-refractivity contribution in [3.05, 3.63) is 107 Å². The monoisotopic (exact) mass is 442 g/mol. The summed E-state index contributed by atoms with van der Waals surface area (Å²) in [5.74, 6) is 0.541. The average molecular weight is 443 g/mol. The summed E-state index contributed by atoms with van der Waals surface area (Å²) in [5.41, 5.74) is 4.25. The number of amides is 1. The molecule has 168 valence electrons. The molecule has 0 aliphatic heterocycles. The number of rotatable bonds is 7. The third-order valence-electron chi connectivity index (χ3n) is 5.53. The predicted molar refractivity (Wildman–Crippen MR) is 129 cm³/mol. The number of carbonyl (C=O) groups excluding carboxylic acids is 1. The summed E-state index contributed by atoms with van der Waals surface area (Å²) in [6.07, 6.45) is 0. The van der Waals surface area contributed by atoms with E-state index in [0.29, 0.717) is 18.7 Å². The van der Waals surface area contributed by atoms with Crippen molar-refractivity contribution < 1.29 is 9.18 Å². The molecule has 0 radical (unpaired) electrons. The van der Waals surface area contributed by atoms with Gasteiger partial charge in [-0.05, 0) is 29.8 Å². The van der Waals surface area contributed by atoms with Crippen molar-refractivity contribution in [3.63, 3.8) is 0 Å². The summed E-state index contributed by atoms with van der Waals surface area (Å²) in [6.45, 7) is 0.709. The first kappa shape index (κ1) is 22.3. The summed E-state index contributed by atoms with van der Waals surface area (Å²) in [4.78, 5) is 17.4. The minimum atomic E-state index is -0.298. The second kappa shape index (κ2) is 9.69. The molecule has 0 spiro atoms. The molecule has 1 heterocycles. The van der Waals surface area contributed by atoms with E-state index in [1.165, 1.54) is 12.1 Å². The number of carbonyl (C=O) groups is 1. The molecule has 1 aromatic heterocycles. The van der Waals surface area contributed by atoms with E-state index in [9.17, 15) is 9.18 Å². The molecule has 4 rings (SSSR count). The maximum atomic E-state index is 13.6. The van der Waals surface area contributed by atoms with Crippen LogP contribution < -0.4 is 4.90 Å². The van der Waals surface area contributed by atoms with Crippen LogP contribution in [-0.4, -0.2) is 34.7 Å². The fourth-order valence-electron chi connectivity index (χ4n) is 4.06. The molecule has 33 heavy (non-hydrogen) atoms. The molecule has 0 aliphatic rings. The van der Waals surface area contributed by atoms with E-state index in [0.717, 1.165) is 28.2 Å². The van der Waals surface area contributed by atoms with Crippen LogP contribution in [-0.2, 0) is 20.1 Å². The molecule has 0 saturated heterocycles. The highest BCUT2D eigenvalue weighted by atomic mass is 19.1. The molecule has 0 bridgehead atoms. The second-order valence-corrected chi connectivity index (χ2v) is 8.19. The van der Waals surface area contributed by atoms with Crippen molar-refractivity contribution in [2.24, 2.45) is 7.05 Å². The quantitative estimate of drug-likeness (QED) is 0.398. The fraction of sp³-hybridized carbons (Fsp3) is 0.185. The Kier molecular flexibility index (Phi) is 6.54. The van der Waals surface area contributed by atoms with Crippen molar-refractivity contribution in [1.82, 2.24) is 14.7 Å². The second-order valence-electron chi connectivity index (χ2n) is 8.19. The van der Waals surface area contributed by atoms with Crippen LogP contribution in [0.2, 0.25) is 0 Å². The van der Waals surface area contributed by atoms with Crippen LogP contribution in [0.5, 0.6) is 0 Å². The highest BCUT2D eigenvalue weighted by Gasteiger charge is 2.24. The number of halogens is 1. The van der Waals surface area contributed by atoms with Gasteiger partial charge in [-0.3, -0.25) is 9.48 Å². The molecular weight excluding hydrogens is 415 g/mol. The standard InChI is InChI=1S/C27H27FN4O/c1-30(2)26-24(25(29-31(26)3)21-10-6-4-7-11-21)19-32(18-20-14-16-23(28)17-15-20)27(33)22-12-8-5-9-13-22/h4-17H,18-19H2,1-3H3. The van der Waals surface area contributed by atoms with Crippen LogP contribution >= 0.6 is 0 Å². The zero-order valence-corrected chi connectivity index (χ0v) is 19.1. The van der Waals surface area contributed by atoms with Crippen LogP contribution in [0.25, 0.3) is 11.3 Å². The highest BCUT2D eigenvalue weighted by Crippen LogP contribution is 2.32. The summed E-state index contributed by atoms with van der Waals surface area (Å²) < 4.78 is 15.3. The first-order valence-corrected chi connectivity index (χ1v) is 10.8. The maximum Gasteiger partial charge on any atom is 0.254 e. The number of hydrogen-bond acceptors (Lipinski definition) is 3. The van der Waals surface area contributed by atoms with Gasteiger partial charge in [-0.2, -0.15) is 5.10 Å². The van der Waals surface area contributed by atoms with E-state index < -0.39 is 0 Å². The molecule has 0 atom stereocenters. The summed E-state index contributed by atoms with van der Waals surface area (Å²) in [6, 6.07) is 25.5. The van der Waals surface area contributed by atoms with Crippen LogP contribution in [0.3, 0.4) is 0 Å². The largest absolute Gasteiger partial charge is 0.363 e. The van der Waals surface area contributed by atoms with Gasteiger partial charge in [-0.15, -0.1) is 0 Å². The van der Waals surface area contributed by atoms with E-state index in [4.69, 9.17) is 5.10 Å². The van der Waals surface area contributed by atoms with Gasteiger partial charge >= 0.3 is 0 Å². The maximum absolute atomic E-state index is 13.6. The van der Waals surface area contributed by atoms with Crippen LogP contribution in [0.15, 0.2) is 84.9 Å². The van der Waals surface area contributed by atoms with Gasteiger partial charge < -0.3 is 9.80 Å². The number of benzene rings is 3. The Balaban J connectivity index is 1.78. The number of anilines is 1. The molecule has 0 saturated carbocycles. The minimum Gasteiger partial charge on any atom is -0.363 e. The molecule has 1 amide bonds. The zero-order valence-electron chi connectivity index (χ0n) is 19.1. The highest BCUT2D eigenvalue weighted by molar-refractivity contribution is 5.94. The van der Waals surface area contributed by atoms with Gasteiger partial charge in [0.15, 0.2) is 0 Å². The van der Waals surface area contributed by atoms with Crippen molar-refractivity contribution in [3.8, 4) is 11.3 Å². The van der Waals surface area contributed by atoms with Crippen LogP contribution in [0.4, 0.5) is 10.2 Å². The van der Waals surface area contributed by atoms with Crippen molar-refractivity contribution in [2.45, 2.75) is 13.1 Å². The van der Waals surface area contributed by atoms with Crippen molar-refractivity contribution in [1.29, 1.82) is 0 Å². The van der Waals surface area contributed by atoms with Crippen LogP contribution in [0.1, 0.15) is 21.5 Å². The lowest BCUT2D eigenvalue weighted by Crippen LogP contribution is -2.31. The van der Waals surface area contributed by atoms with E-state index in [1.54, 1.807) is 17.0 Å². The van der Waals surface area contributed by atoms with Gasteiger partial charge in [0.05, 0.1) is 12.2 Å². The Bertz CT molecular complexity index is 1220. The Morgan fingerprint density at radius 1 is 0.879 bits per heavy atom. The van der Waals surface area contributed by atoms with Crippen LogP contribution in [0, 0.1) is 5.82 Å². The first-order valence-electron chi connectivity index (χ1n) is 10.8. The number of aryl methyl sites for hydroxylation is 1. The van der Waals surface area contributed by atoms with Crippen molar-refractivity contribution >= 4 is 11.7 Å². The summed E-state index contributed by atoms with van der Waals surface area (Å²) in [5, 5.41) is 4.79. The smallest absolute Gasteiger partial charge is 0.254 e. The van der Waals surface area contributed by atoms with E-state index >= 15 is 0 Å². The lowest BCUT2D eigenvalue weighted by molar-refractivity contribution is 0.0730. The molecule has 3 aromatic carbocycles. The van der Waals surface area contributed by atoms with Gasteiger partial charge in [-0.25, -0.2) is 4.39 Å². The van der Waals surface area contributed by atoms with Crippen molar-refractivity contribution in [2.75, 3.05) is 19.0 Å². The topological polar surface area (TPSA) is 41.4 Å². The molecule has 4 aromatic rings. The van der Waals surface area contributed by atoms with E-state index in [1.807, 2.05) is 91.4 Å². The molecule has 0 N–H and O–H groups in total. The van der Waals surface area contributed by atoms with E-state index in [-0.39, 0.29) is 11.7 Å². The third-order valence-corrected chi connectivity index (χ3v) is 5.53. The Labute approximate surface area is 193 Å². The lowest BCUT2D eigenvalue weighted by Gasteiger charge is -2.25. The Hall–Kier alpha value is -3.93. The molecule has 0 aliphatic carbocycles. The minimum absolute atomic E-state index is 0.0903. The van der Waals surface area contributed by atoms with Gasteiger partial charge in [0.25, 0.3) is 5.91 Å². The number of nitrogens with zero attached hydrogens (tertiary/aromatic N) is 4. The summed E-state index contributed by atoms with van der Waals surface area (Å²) >= 11 is 0. The average Bonchev–Trinajstić information content (AvgIpc) is 3.16. The number of aromatic nitrogens is 2. The molecule has 0 fully saturated rings. The van der Waals surface area contributed by atoms with E-state index in [2.05, 4.69) is 0 Å². The van der Waals surface area contributed by atoms with Gasteiger partial charge in [-0.1, -0.05) is 60.7 Å². The first-order chi connectivity index (χ1) is 15.9. The third kappa shape index (κ3) is 4.95. The molecular formula is C27H27FN4O. The summed E-state index contributed by atoms with van der Waals surface area (Å²) in [7, 11) is 5.85. The lowest BCUT2D eigenvalue weighted by atomic mass is 10.1. The SMILES string of the molecule is CN(C)c1c(CN(Cc2ccc(F)cc2)C(=O)c2ccccc2)c(-c2ccccc2)nn1C. The molecule has 6 heteroatoms. The normalized spacial score (nSPS) is 10.8. The molecule has 0 unspecified atom stereocenters. The molecule has 5 nitrogen and oxygen atoms in total. The Morgan fingerprint density at radius 3 is 2.09 bits per heavy atom. The number of hydrogen-bond donors (Lipinski definition) is 0. The van der Waals surface area contributed by atoms with Gasteiger partial charge in [0.2, 0.25) is 0 Å². The predicted octanol–water partition coefficient (Wildman–Crippen LogP) is 5.13. The fourth-order valence-corrected chi connectivity index (χ4v) is 4.06.